The van der Waals surface area contributed by atoms with Crippen LogP contribution in [0.25, 0.3) is 22.5 Å². The van der Waals surface area contributed by atoms with Gasteiger partial charge in [-0.15, -0.1) is 0 Å². The first-order chi connectivity index (χ1) is 23.1. The molecule has 1 atom stereocenters. The fourth-order valence-electron chi connectivity index (χ4n) is 6.69. The smallest absolute Gasteiger partial charge is 0.271 e. The molecule has 2 aliphatic rings. The number of hydrogen-bond acceptors (Lipinski definition) is 5. The molecule has 0 bridgehead atoms. The Morgan fingerprint density at radius 1 is 0.894 bits per heavy atom. The summed E-state index contributed by atoms with van der Waals surface area (Å²) in [7, 11) is 0. The van der Waals surface area contributed by atoms with E-state index in [9.17, 15) is 9.18 Å². The van der Waals surface area contributed by atoms with Crippen LogP contribution in [0, 0.1) is 5.82 Å². The fraction of sp³-hybridized carbons (Fsp3) is 0.150. The molecule has 1 aliphatic carbocycles. The number of aromatic nitrogens is 1. The molecule has 0 amide bonds. The van der Waals surface area contributed by atoms with Crippen molar-refractivity contribution in [3.8, 4) is 11.5 Å². The molecule has 0 radical (unpaired) electrons. The summed E-state index contributed by atoms with van der Waals surface area (Å²) in [6, 6.07) is 34.7. The van der Waals surface area contributed by atoms with Crippen LogP contribution >= 0.6 is 11.3 Å². The van der Waals surface area contributed by atoms with Crippen molar-refractivity contribution in [2.24, 2.45) is 4.99 Å². The molecule has 0 N–H and O–H groups in total. The average Bonchev–Trinajstić information content (AvgIpc) is 3.41. The van der Waals surface area contributed by atoms with Crippen LogP contribution in [0.4, 0.5) is 4.39 Å². The SMILES string of the molecule is CCOc1cc(/C=c2/sc3n(c2=O)C(c2ccc(F)cc2)C2=C(N=3)c3ccccc3CC2)ccc1OCc1cccc2ccccc12. The van der Waals surface area contributed by atoms with Crippen LogP contribution in [0.5, 0.6) is 11.5 Å². The molecule has 8 rings (SSSR count). The standard InChI is InChI=1S/C40H31FN2O3S/c1-2-45-35-22-25(14-21-34(35)46-24-29-11-7-10-26-8-3-5-12-31(26)29)23-36-39(44)43-38(28-15-18-30(41)19-16-28)33-20-17-27-9-4-6-13-32(27)37(33)42-40(43)47-36/h3-16,18-19,21-23,38H,2,17,20,24H2,1H3/b36-23+. The second-order valence-electron chi connectivity index (χ2n) is 11.7. The van der Waals surface area contributed by atoms with Crippen molar-refractivity contribution in [3.63, 3.8) is 0 Å². The van der Waals surface area contributed by atoms with Gasteiger partial charge in [0.2, 0.25) is 0 Å². The lowest BCUT2D eigenvalue weighted by Gasteiger charge is -2.30. The number of allylic oxidation sites excluding steroid dienone is 1. The third-order valence-electron chi connectivity index (χ3n) is 8.89. The number of nitrogens with zero attached hydrogens (tertiary/aromatic N) is 2. The van der Waals surface area contributed by atoms with Crippen LogP contribution in [0.1, 0.15) is 47.2 Å². The van der Waals surface area contributed by atoms with Crippen molar-refractivity contribution in [1.82, 2.24) is 4.57 Å². The molecule has 0 spiro atoms. The summed E-state index contributed by atoms with van der Waals surface area (Å²) in [6.07, 6.45) is 3.53. The molecular formula is C40H31FN2O3S. The van der Waals surface area contributed by atoms with E-state index in [2.05, 4.69) is 42.5 Å². The maximum atomic E-state index is 14.2. The molecule has 5 aromatic carbocycles. The number of ether oxygens (including phenoxy) is 2. The van der Waals surface area contributed by atoms with Gasteiger partial charge in [-0.3, -0.25) is 9.36 Å². The highest BCUT2D eigenvalue weighted by Gasteiger charge is 2.32. The summed E-state index contributed by atoms with van der Waals surface area (Å²) >= 11 is 1.37. The van der Waals surface area contributed by atoms with Gasteiger partial charge in [0.1, 0.15) is 12.4 Å². The zero-order valence-electron chi connectivity index (χ0n) is 25.8. The Bertz CT molecular complexity index is 2370. The Morgan fingerprint density at radius 3 is 2.57 bits per heavy atom. The Morgan fingerprint density at radius 2 is 1.70 bits per heavy atom. The van der Waals surface area contributed by atoms with E-state index in [4.69, 9.17) is 14.5 Å². The van der Waals surface area contributed by atoms with Gasteiger partial charge in [0, 0.05) is 5.56 Å². The second kappa shape index (κ2) is 12.2. The summed E-state index contributed by atoms with van der Waals surface area (Å²) in [4.78, 5) is 19.9. The van der Waals surface area contributed by atoms with Crippen LogP contribution < -0.4 is 24.4 Å². The zero-order valence-corrected chi connectivity index (χ0v) is 26.6. The van der Waals surface area contributed by atoms with Crippen LogP contribution in [0.15, 0.2) is 125 Å². The third kappa shape index (κ3) is 5.36. The molecule has 1 aliphatic heterocycles. The summed E-state index contributed by atoms with van der Waals surface area (Å²) in [6.45, 7) is 2.81. The van der Waals surface area contributed by atoms with Gasteiger partial charge in [0.15, 0.2) is 16.3 Å². The third-order valence-corrected chi connectivity index (χ3v) is 9.87. The van der Waals surface area contributed by atoms with Crippen molar-refractivity contribution < 1.29 is 13.9 Å². The predicted molar refractivity (Wildman–Crippen MR) is 185 cm³/mol. The molecule has 0 fully saturated rings. The van der Waals surface area contributed by atoms with Crippen LogP contribution in [-0.2, 0) is 13.0 Å². The van der Waals surface area contributed by atoms with Gasteiger partial charge >= 0.3 is 0 Å². The molecule has 1 unspecified atom stereocenters. The molecular weight excluding hydrogens is 608 g/mol. The van der Waals surface area contributed by atoms with E-state index in [-0.39, 0.29) is 17.4 Å². The van der Waals surface area contributed by atoms with Crippen molar-refractivity contribution in [3.05, 3.63) is 168 Å². The molecule has 0 saturated carbocycles. The van der Waals surface area contributed by atoms with Crippen LogP contribution in [0.3, 0.4) is 0 Å². The lowest BCUT2D eigenvalue weighted by Crippen LogP contribution is -2.38. The average molecular weight is 639 g/mol. The first kappa shape index (κ1) is 29.2. The molecule has 1 aromatic heterocycles. The normalized spacial score (nSPS) is 15.5. The number of thiazole rings is 1. The van der Waals surface area contributed by atoms with Gasteiger partial charge in [-0.1, -0.05) is 96.3 Å². The van der Waals surface area contributed by atoms with Gasteiger partial charge in [0.25, 0.3) is 5.56 Å². The first-order valence-corrected chi connectivity index (χ1v) is 16.6. The van der Waals surface area contributed by atoms with E-state index >= 15 is 0 Å². The van der Waals surface area contributed by atoms with Crippen LogP contribution in [-0.4, -0.2) is 11.2 Å². The number of aryl methyl sites for hydroxylation is 1. The molecule has 6 aromatic rings. The van der Waals surface area contributed by atoms with Gasteiger partial charge in [-0.05, 0) is 88.7 Å². The summed E-state index contributed by atoms with van der Waals surface area (Å²) in [5.74, 6) is 0.950. The van der Waals surface area contributed by atoms with Gasteiger partial charge < -0.3 is 9.47 Å². The monoisotopic (exact) mass is 638 g/mol. The lowest BCUT2D eigenvalue weighted by molar-refractivity contribution is 0.270. The number of fused-ring (bicyclic) bond motifs is 4. The number of hydrogen-bond donors (Lipinski definition) is 0. The van der Waals surface area contributed by atoms with Crippen molar-refractivity contribution in [1.29, 1.82) is 0 Å². The quantitative estimate of drug-likeness (QED) is 0.181. The molecule has 47 heavy (non-hydrogen) atoms. The molecule has 5 nitrogen and oxygen atoms in total. The highest BCUT2D eigenvalue weighted by atomic mass is 32.1. The second-order valence-corrected chi connectivity index (χ2v) is 12.7. The van der Waals surface area contributed by atoms with E-state index in [0.29, 0.717) is 34.0 Å². The van der Waals surface area contributed by atoms with Crippen molar-refractivity contribution in [2.75, 3.05) is 6.61 Å². The largest absolute Gasteiger partial charge is 0.490 e. The predicted octanol–water partition coefficient (Wildman–Crippen LogP) is 7.59. The summed E-state index contributed by atoms with van der Waals surface area (Å²) in [5.41, 5.74) is 7.01. The minimum Gasteiger partial charge on any atom is -0.490 e. The minimum atomic E-state index is -0.360. The molecule has 2 heterocycles. The number of benzene rings is 5. The maximum absolute atomic E-state index is 14.2. The van der Waals surface area contributed by atoms with Crippen molar-refractivity contribution >= 4 is 33.9 Å². The zero-order chi connectivity index (χ0) is 31.9. The van der Waals surface area contributed by atoms with E-state index in [1.165, 1.54) is 34.4 Å². The number of halogens is 1. The van der Waals surface area contributed by atoms with E-state index in [0.717, 1.165) is 51.8 Å². The highest BCUT2D eigenvalue weighted by molar-refractivity contribution is 7.07. The van der Waals surface area contributed by atoms with Gasteiger partial charge in [0.05, 0.1) is 22.9 Å². The minimum absolute atomic E-state index is 0.122. The lowest BCUT2D eigenvalue weighted by atomic mass is 9.83. The Kier molecular flexibility index (Phi) is 7.54. The van der Waals surface area contributed by atoms with E-state index < -0.39 is 0 Å². The fourth-order valence-corrected chi connectivity index (χ4v) is 7.70. The van der Waals surface area contributed by atoms with Crippen molar-refractivity contribution in [2.45, 2.75) is 32.4 Å². The Labute approximate surface area is 275 Å². The first-order valence-electron chi connectivity index (χ1n) is 15.8. The summed E-state index contributed by atoms with van der Waals surface area (Å²) < 4.78 is 28.6. The van der Waals surface area contributed by atoms with E-state index in [1.807, 2.05) is 55.5 Å². The van der Waals surface area contributed by atoms with E-state index in [1.54, 1.807) is 16.7 Å². The van der Waals surface area contributed by atoms with Gasteiger partial charge in [-0.25, -0.2) is 9.38 Å². The molecule has 232 valence electrons. The maximum Gasteiger partial charge on any atom is 0.271 e. The molecule has 7 heteroatoms. The molecule has 0 saturated heterocycles. The highest BCUT2D eigenvalue weighted by Crippen LogP contribution is 2.41. The van der Waals surface area contributed by atoms with Gasteiger partial charge in [-0.2, -0.15) is 0 Å². The Balaban J connectivity index is 1.19. The number of rotatable bonds is 7. The Hall–Kier alpha value is -5.27. The van der Waals surface area contributed by atoms with Crippen LogP contribution in [0.2, 0.25) is 0 Å². The topological polar surface area (TPSA) is 52.8 Å². The summed E-state index contributed by atoms with van der Waals surface area (Å²) in [5, 5.41) is 2.33.